The van der Waals surface area contributed by atoms with Gasteiger partial charge in [0.25, 0.3) is 0 Å². The maximum absolute atomic E-state index is 13.2. The number of esters is 1. The highest BCUT2D eigenvalue weighted by molar-refractivity contribution is 6.10. The average Bonchev–Trinajstić information content (AvgIpc) is 2.76. The molecule has 0 saturated carbocycles. The zero-order valence-corrected chi connectivity index (χ0v) is 16.0. The van der Waals surface area contributed by atoms with Crippen LogP contribution in [0.25, 0.3) is 0 Å². The van der Waals surface area contributed by atoms with Crippen LogP contribution in [0.3, 0.4) is 0 Å². The van der Waals surface area contributed by atoms with Crippen LogP contribution in [0, 0.1) is 0 Å². The van der Waals surface area contributed by atoms with E-state index >= 15 is 0 Å². The highest BCUT2D eigenvalue weighted by Gasteiger charge is 2.68. The van der Waals surface area contributed by atoms with Crippen LogP contribution in [0.1, 0.15) is 52.0 Å². The van der Waals surface area contributed by atoms with Gasteiger partial charge in [-0.15, -0.1) is 0 Å². The van der Waals surface area contributed by atoms with Crippen LogP contribution >= 0.6 is 0 Å². The van der Waals surface area contributed by atoms with Crippen molar-refractivity contribution >= 4 is 11.8 Å². The zero-order chi connectivity index (χ0) is 19.3. The first-order valence-corrected chi connectivity index (χ1v) is 8.84. The van der Waals surface area contributed by atoms with E-state index in [1.165, 1.54) is 0 Å². The summed E-state index contributed by atoms with van der Waals surface area (Å²) in [7, 11) is 1.59. The van der Waals surface area contributed by atoms with Crippen molar-refractivity contribution in [2.45, 2.75) is 63.3 Å². The minimum Gasteiger partial charge on any atom is -0.497 e. The molecule has 5 nitrogen and oxygen atoms in total. The molecule has 1 aromatic carbocycles. The number of rotatable bonds is 3. The summed E-state index contributed by atoms with van der Waals surface area (Å²) in [4.78, 5) is 26.2. The van der Waals surface area contributed by atoms with Crippen LogP contribution in [0.5, 0.6) is 5.75 Å². The van der Waals surface area contributed by atoms with E-state index in [9.17, 15) is 9.59 Å². The second kappa shape index (κ2) is 5.95. The third-order valence-electron chi connectivity index (χ3n) is 5.22. The van der Waals surface area contributed by atoms with Gasteiger partial charge < -0.3 is 14.2 Å². The molecule has 26 heavy (non-hydrogen) atoms. The maximum Gasteiger partial charge on any atom is 0.347 e. The van der Waals surface area contributed by atoms with Crippen molar-refractivity contribution in [3.05, 3.63) is 42.0 Å². The predicted molar refractivity (Wildman–Crippen MR) is 97.2 cm³/mol. The number of benzene rings is 1. The molecular weight excluding hydrogens is 332 g/mol. The molecule has 140 valence electrons. The number of methoxy groups -OCH3 is 1. The Morgan fingerprint density at radius 2 is 1.88 bits per heavy atom. The second-order valence-corrected chi connectivity index (χ2v) is 8.23. The van der Waals surface area contributed by atoms with E-state index in [4.69, 9.17) is 14.2 Å². The summed E-state index contributed by atoms with van der Waals surface area (Å²) < 4.78 is 17.0. The van der Waals surface area contributed by atoms with Gasteiger partial charge in [-0.1, -0.05) is 18.7 Å². The Morgan fingerprint density at radius 1 is 1.27 bits per heavy atom. The van der Waals surface area contributed by atoms with Gasteiger partial charge in [-0.05, 0) is 57.4 Å². The molecule has 1 aromatic rings. The van der Waals surface area contributed by atoms with Crippen LogP contribution < -0.4 is 4.74 Å². The lowest BCUT2D eigenvalue weighted by Crippen LogP contribution is -2.56. The number of carbonyl (C=O) groups excluding carboxylic acids is 2. The molecule has 3 atom stereocenters. The Labute approximate surface area is 154 Å². The lowest BCUT2D eigenvalue weighted by Gasteiger charge is -2.37. The number of ether oxygens (including phenoxy) is 3. The van der Waals surface area contributed by atoms with Crippen LogP contribution in [-0.4, -0.2) is 35.7 Å². The van der Waals surface area contributed by atoms with E-state index in [2.05, 4.69) is 6.58 Å². The van der Waals surface area contributed by atoms with E-state index in [0.717, 1.165) is 11.1 Å². The van der Waals surface area contributed by atoms with Gasteiger partial charge in [0.05, 0.1) is 18.6 Å². The lowest BCUT2D eigenvalue weighted by molar-refractivity contribution is -0.198. The van der Waals surface area contributed by atoms with E-state index in [1.807, 2.05) is 19.1 Å². The molecule has 3 rings (SSSR count). The number of hydrogen-bond donors (Lipinski definition) is 0. The third kappa shape index (κ3) is 2.75. The van der Waals surface area contributed by atoms with E-state index in [1.54, 1.807) is 40.0 Å². The van der Waals surface area contributed by atoms with Crippen molar-refractivity contribution in [3.63, 3.8) is 0 Å². The molecule has 2 heterocycles. The van der Waals surface area contributed by atoms with Crippen molar-refractivity contribution < 1.29 is 23.8 Å². The zero-order valence-electron chi connectivity index (χ0n) is 16.0. The number of hydrogen-bond acceptors (Lipinski definition) is 5. The first-order chi connectivity index (χ1) is 12.0. The highest BCUT2D eigenvalue weighted by Crippen LogP contribution is 2.57. The number of Topliss-reactive ketones (excluding diaryl/α,β-unsaturated/α-hetero) is 1. The molecule has 0 N–H and O–H groups in total. The molecule has 0 unspecified atom stereocenters. The Kier molecular flexibility index (Phi) is 4.26. The standard InChI is InChI=1S/C21H26O5/c1-13-17(14-7-9-15(24-6)10-8-14)21(18(23)25-19(2,3)4)16(22)11-12-20(13,5)26-21/h7-10,17H,1,11-12H2,2-6H3/t17-,20+,21-/m0/s1. The quantitative estimate of drug-likeness (QED) is 0.470. The first kappa shape index (κ1) is 18.6. The molecule has 2 aliphatic heterocycles. The van der Waals surface area contributed by atoms with Gasteiger partial charge in [0.1, 0.15) is 11.4 Å². The van der Waals surface area contributed by atoms with E-state index < -0.39 is 28.7 Å². The van der Waals surface area contributed by atoms with Gasteiger partial charge in [-0.2, -0.15) is 0 Å². The Morgan fingerprint density at radius 3 is 2.42 bits per heavy atom. The molecule has 2 bridgehead atoms. The van der Waals surface area contributed by atoms with Crippen molar-refractivity contribution in [1.29, 1.82) is 0 Å². The fourth-order valence-corrected chi connectivity index (χ4v) is 3.86. The van der Waals surface area contributed by atoms with Crippen molar-refractivity contribution in [2.24, 2.45) is 0 Å². The third-order valence-corrected chi connectivity index (χ3v) is 5.22. The average molecular weight is 358 g/mol. The van der Waals surface area contributed by atoms with Gasteiger partial charge >= 0.3 is 5.97 Å². The predicted octanol–water partition coefficient (Wildman–Crippen LogP) is 3.57. The molecule has 0 amide bonds. The molecular formula is C21H26O5. The normalized spacial score (nSPS) is 31.0. The lowest BCUT2D eigenvalue weighted by atomic mass is 9.76. The highest BCUT2D eigenvalue weighted by atomic mass is 16.6. The monoisotopic (exact) mass is 358 g/mol. The van der Waals surface area contributed by atoms with Crippen LogP contribution in [0.4, 0.5) is 0 Å². The molecule has 0 spiro atoms. The first-order valence-electron chi connectivity index (χ1n) is 8.84. The number of ketones is 1. The largest absolute Gasteiger partial charge is 0.497 e. The summed E-state index contributed by atoms with van der Waals surface area (Å²) in [5.41, 5.74) is -1.60. The summed E-state index contributed by atoms with van der Waals surface area (Å²) in [6.07, 6.45) is 0.781. The van der Waals surface area contributed by atoms with Gasteiger partial charge in [0, 0.05) is 6.42 Å². The number of carbonyl (C=O) groups is 2. The molecule has 2 fully saturated rings. The SMILES string of the molecule is C=C1[C@@H](c2ccc(OC)cc2)[C@@]2(C(=O)OC(C)(C)C)O[C@]1(C)CCC2=O. The van der Waals surface area contributed by atoms with E-state index in [0.29, 0.717) is 12.2 Å². The fraction of sp³-hybridized carbons (Fsp3) is 0.524. The summed E-state index contributed by atoms with van der Waals surface area (Å²) in [5.74, 6) is -0.766. The van der Waals surface area contributed by atoms with Gasteiger partial charge in [0.15, 0.2) is 5.78 Å². The number of fused-ring (bicyclic) bond motifs is 2. The fourth-order valence-electron chi connectivity index (χ4n) is 3.86. The minimum absolute atomic E-state index is 0.247. The molecule has 0 aliphatic carbocycles. The second-order valence-electron chi connectivity index (χ2n) is 8.23. The van der Waals surface area contributed by atoms with E-state index in [-0.39, 0.29) is 12.2 Å². The minimum atomic E-state index is -1.67. The maximum atomic E-state index is 13.2. The van der Waals surface area contributed by atoms with Gasteiger partial charge in [0.2, 0.25) is 5.60 Å². The van der Waals surface area contributed by atoms with Crippen molar-refractivity contribution in [1.82, 2.24) is 0 Å². The van der Waals surface area contributed by atoms with Crippen LogP contribution in [0.15, 0.2) is 36.4 Å². The van der Waals surface area contributed by atoms with Crippen LogP contribution in [0.2, 0.25) is 0 Å². The van der Waals surface area contributed by atoms with Crippen molar-refractivity contribution in [2.75, 3.05) is 7.11 Å². The Hall–Kier alpha value is -2.14. The van der Waals surface area contributed by atoms with Crippen LogP contribution in [-0.2, 0) is 19.1 Å². The van der Waals surface area contributed by atoms with Gasteiger partial charge in [-0.3, -0.25) is 4.79 Å². The molecule has 2 aliphatic rings. The Bertz CT molecular complexity index is 758. The molecule has 2 saturated heterocycles. The summed E-state index contributed by atoms with van der Waals surface area (Å²) >= 11 is 0. The van der Waals surface area contributed by atoms with Crippen molar-refractivity contribution in [3.8, 4) is 5.75 Å². The smallest absolute Gasteiger partial charge is 0.347 e. The molecule has 0 radical (unpaired) electrons. The molecule has 5 heteroatoms. The summed E-state index contributed by atoms with van der Waals surface area (Å²) in [6.45, 7) is 11.4. The van der Waals surface area contributed by atoms with Gasteiger partial charge in [-0.25, -0.2) is 4.79 Å². The summed E-state index contributed by atoms with van der Waals surface area (Å²) in [5, 5.41) is 0. The summed E-state index contributed by atoms with van der Waals surface area (Å²) in [6, 6.07) is 7.31. The molecule has 0 aromatic heterocycles. The topological polar surface area (TPSA) is 61.8 Å². The Balaban J connectivity index is 2.13.